The third kappa shape index (κ3) is 3.84. The molecule has 1 aliphatic rings. The van der Waals surface area contributed by atoms with Crippen molar-refractivity contribution in [3.8, 4) is 11.1 Å². The summed E-state index contributed by atoms with van der Waals surface area (Å²) in [6.07, 6.45) is 0.313. The maximum atomic E-state index is 13.0. The zero-order valence-corrected chi connectivity index (χ0v) is 15.6. The Morgan fingerprint density at radius 2 is 1.78 bits per heavy atom. The van der Waals surface area contributed by atoms with E-state index in [1.54, 1.807) is 12.1 Å². The number of benzene rings is 2. The molecule has 2 aromatic carbocycles. The zero-order chi connectivity index (χ0) is 19.4. The second-order valence-electron chi connectivity index (χ2n) is 6.41. The summed E-state index contributed by atoms with van der Waals surface area (Å²) in [6, 6.07) is 14.8. The van der Waals surface area contributed by atoms with Crippen LogP contribution >= 0.6 is 0 Å². The van der Waals surface area contributed by atoms with Crippen LogP contribution in [0.3, 0.4) is 0 Å². The molecular weight excluding hydrogens is 344 g/mol. The van der Waals surface area contributed by atoms with Crippen LogP contribution in [-0.4, -0.2) is 49.3 Å². The SMILES string of the molecule is CON=C1CC(C(=O)OC)N(C(=O)c2ccc(-c3ccccc3C)cc2)C1. The number of oxime groups is 1. The number of aryl methyl sites for hydroxylation is 1. The van der Waals surface area contributed by atoms with Gasteiger partial charge in [0.2, 0.25) is 0 Å². The lowest BCUT2D eigenvalue weighted by molar-refractivity contribution is -0.145. The average Bonchev–Trinajstić information content (AvgIpc) is 3.11. The first-order valence-corrected chi connectivity index (χ1v) is 8.69. The van der Waals surface area contributed by atoms with Crippen LogP contribution in [0.1, 0.15) is 22.3 Å². The number of hydrogen-bond donors (Lipinski definition) is 0. The van der Waals surface area contributed by atoms with E-state index in [-0.39, 0.29) is 12.5 Å². The van der Waals surface area contributed by atoms with Crippen molar-refractivity contribution < 1.29 is 19.2 Å². The molecule has 0 N–H and O–H groups in total. The summed E-state index contributed by atoms with van der Waals surface area (Å²) in [6.45, 7) is 2.29. The molecule has 1 fully saturated rings. The van der Waals surface area contributed by atoms with Crippen molar-refractivity contribution >= 4 is 17.6 Å². The van der Waals surface area contributed by atoms with Crippen molar-refractivity contribution in [3.05, 3.63) is 59.7 Å². The topological polar surface area (TPSA) is 68.2 Å². The van der Waals surface area contributed by atoms with Crippen LogP contribution in [0, 0.1) is 6.92 Å². The van der Waals surface area contributed by atoms with Crippen LogP contribution in [0.2, 0.25) is 0 Å². The summed E-state index contributed by atoms with van der Waals surface area (Å²) in [5.74, 6) is -0.691. The molecule has 0 bridgehead atoms. The summed E-state index contributed by atoms with van der Waals surface area (Å²) >= 11 is 0. The number of ether oxygens (including phenoxy) is 1. The van der Waals surface area contributed by atoms with Gasteiger partial charge < -0.3 is 14.5 Å². The van der Waals surface area contributed by atoms with Gasteiger partial charge in [-0.15, -0.1) is 0 Å². The first-order valence-electron chi connectivity index (χ1n) is 8.69. The molecule has 0 saturated carbocycles. The molecule has 1 unspecified atom stereocenters. The first kappa shape index (κ1) is 18.6. The van der Waals surface area contributed by atoms with Gasteiger partial charge in [-0.2, -0.15) is 0 Å². The molecule has 1 atom stereocenters. The van der Waals surface area contributed by atoms with Crippen molar-refractivity contribution in [1.82, 2.24) is 4.90 Å². The normalized spacial score (nSPS) is 17.8. The Hall–Kier alpha value is -3.15. The molecule has 3 rings (SSSR count). The van der Waals surface area contributed by atoms with Crippen molar-refractivity contribution in [2.45, 2.75) is 19.4 Å². The first-order chi connectivity index (χ1) is 13.0. The van der Waals surface area contributed by atoms with Gasteiger partial charge in [0.25, 0.3) is 5.91 Å². The maximum Gasteiger partial charge on any atom is 0.329 e. The lowest BCUT2D eigenvalue weighted by Crippen LogP contribution is -2.41. The molecule has 1 heterocycles. The highest BCUT2D eigenvalue weighted by Gasteiger charge is 2.39. The summed E-state index contributed by atoms with van der Waals surface area (Å²) in [5.41, 5.74) is 4.48. The summed E-state index contributed by atoms with van der Waals surface area (Å²) < 4.78 is 4.84. The third-order valence-corrected chi connectivity index (χ3v) is 4.70. The number of carbonyl (C=O) groups is 2. The monoisotopic (exact) mass is 366 g/mol. The smallest absolute Gasteiger partial charge is 0.329 e. The van der Waals surface area contributed by atoms with Crippen LogP contribution in [0.5, 0.6) is 0 Å². The highest BCUT2D eigenvalue weighted by atomic mass is 16.6. The number of hydrogen-bond acceptors (Lipinski definition) is 5. The fourth-order valence-corrected chi connectivity index (χ4v) is 3.31. The van der Waals surface area contributed by atoms with Gasteiger partial charge in [-0.25, -0.2) is 4.79 Å². The second kappa shape index (κ2) is 8.03. The lowest BCUT2D eigenvalue weighted by Gasteiger charge is -2.22. The van der Waals surface area contributed by atoms with E-state index >= 15 is 0 Å². The van der Waals surface area contributed by atoms with Crippen LogP contribution < -0.4 is 0 Å². The highest BCUT2D eigenvalue weighted by molar-refractivity contribution is 6.04. The Kier molecular flexibility index (Phi) is 5.54. The molecule has 0 spiro atoms. The Bertz CT molecular complexity index is 874. The predicted molar refractivity (Wildman–Crippen MR) is 103 cm³/mol. The Morgan fingerprint density at radius 1 is 1.07 bits per heavy atom. The van der Waals surface area contributed by atoms with Crippen LogP contribution in [0.25, 0.3) is 11.1 Å². The standard InChI is InChI=1S/C21H22N2O4/c1-14-6-4-5-7-18(14)15-8-10-16(11-9-15)20(24)23-13-17(22-27-3)12-19(23)21(25)26-2/h4-11,19H,12-13H2,1-3H3. The molecule has 1 saturated heterocycles. The van der Waals surface area contributed by atoms with Crippen molar-refractivity contribution in [2.75, 3.05) is 20.8 Å². The molecule has 1 aliphatic heterocycles. The van der Waals surface area contributed by atoms with E-state index in [4.69, 9.17) is 9.57 Å². The maximum absolute atomic E-state index is 13.0. The Morgan fingerprint density at radius 3 is 2.41 bits per heavy atom. The molecule has 0 aromatic heterocycles. The molecule has 6 nitrogen and oxygen atoms in total. The van der Waals surface area contributed by atoms with Crippen molar-refractivity contribution in [1.29, 1.82) is 0 Å². The Balaban J connectivity index is 1.85. The molecule has 1 amide bonds. The molecule has 27 heavy (non-hydrogen) atoms. The minimum absolute atomic E-state index is 0.233. The zero-order valence-electron chi connectivity index (χ0n) is 15.6. The van der Waals surface area contributed by atoms with Gasteiger partial charge >= 0.3 is 5.97 Å². The number of methoxy groups -OCH3 is 1. The number of esters is 1. The number of rotatable bonds is 4. The van der Waals surface area contributed by atoms with E-state index in [9.17, 15) is 9.59 Å². The Labute approximate surface area is 158 Å². The number of amides is 1. The lowest BCUT2D eigenvalue weighted by atomic mass is 9.99. The minimum atomic E-state index is -0.688. The minimum Gasteiger partial charge on any atom is -0.467 e. The third-order valence-electron chi connectivity index (χ3n) is 4.70. The molecule has 0 radical (unpaired) electrons. The highest BCUT2D eigenvalue weighted by Crippen LogP contribution is 2.25. The van der Waals surface area contributed by atoms with Crippen LogP contribution in [0.15, 0.2) is 53.7 Å². The van der Waals surface area contributed by atoms with Gasteiger partial charge in [-0.1, -0.05) is 41.6 Å². The second-order valence-corrected chi connectivity index (χ2v) is 6.41. The summed E-state index contributed by atoms with van der Waals surface area (Å²) in [4.78, 5) is 31.3. The molecule has 140 valence electrons. The van der Waals surface area contributed by atoms with E-state index in [1.807, 2.05) is 30.3 Å². The van der Waals surface area contributed by atoms with E-state index in [1.165, 1.54) is 24.7 Å². The van der Waals surface area contributed by atoms with Gasteiger partial charge in [0.15, 0.2) is 0 Å². The van der Waals surface area contributed by atoms with Crippen LogP contribution in [-0.2, 0) is 14.4 Å². The summed E-state index contributed by atoms with van der Waals surface area (Å²) in [7, 11) is 2.75. The van der Waals surface area contributed by atoms with Crippen molar-refractivity contribution in [3.63, 3.8) is 0 Å². The van der Waals surface area contributed by atoms with E-state index in [0.29, 0.717) is 17.7 Å². The quantitative estimate of drug-likeness (QED) is 0.616. The van der Waals surface area contributed by atoms with E-state index in [0.717, 1.165) is 11.1 Å². The fraction of sp³-hybridized carbons (Fsp3) is 0.286. The number of carbonyl (C=O) groups excluding carboxylic acids is 2. The fourth-order valence-electron chi connectivity index (χ4n) is 3.31. The molecule has 6 heteroatoms. The number of nitrogens with zero attached hydrogens (tertiary/aromatic N) is 2. The van der Waals surface area contributed by atoms with Crippen molar-refractivity contribution in [2.24, 2.45) is 5.16 Å². The van der Waals surface area contributed by atoms with E-state index < -0.39 is 12.0 Å². The number of likely N-dealkylation sites (tertiary alicyclic amines) is 1. The molecule has 2 aromatic rings. The predicted octanol–water partition coefficient (Wildman–Crippen LogP) is 3.05. The van der Waals surface area contributed by atoms with Crippen LogP contribution in [0.4, 0.5) is 0 Å². The van der Waals surface area contributed by atoms with Gasteiger partial charge in [0.05, 0.1) is 19.4 Å². The van der Waals surface area contributed by atoms with Gasteiger partial charge in [-0.3, -0.25) is 4.79 Å². The average molecular weight is 366 g/mol. The van der Waals surface area contributed by atoms with Gasteiger partial charge in [0.1, 0.15) is 13.2 Å². The molecule has 0 aliphatic carbocycles. The van der Waals surface area contributed by atoms with Gasteiger partial charge in [-0.05, 0) is 35.7 Å². The van der Waals surface area contributed by atoms with Gasteiger partial charge in [0, 0.05) is 12.0 Å². The summed E-state index contributed by atoms with van der Waals surface area (Å²) in [5, 5.41) is 3.90. The molecular formula is C21H22N2O4. The van der Waals surface area contributed by atoms with E-state index in [2.05, 4.69) is 18.1 Å². The largest absolute Gasteiger partial charge is 0.467 e.